The van der Waals surface area contributed by atoms with Crippen molar-refractivity contribution in [3.63, 3.8) is 0 Å². The van der Waals surface area contributed by atoms with E-state index >= 15 is 0 Å². The maximum Gasteiger partial charge on any atom is 0.291 e. The second-order valence-electron chi connectivity index (χ2n) is 3.84. The second kappa shape index (κ2) is 4.33. The summed E-state index contributed by atoms with van der Waals surface area (Å²) in [4.78, 5) is 11.7. The molecule has 88 valence electrons. The number of aromatic hydroxyl groups is 1. The Labute approximate surface area is 98.9 Å². The van der Waals surface area contributed by atoms with E-state index in [1.165, 1.54) is 6.26 Å². The molecule has 0 unspecified atom stereocenters. The number of phenols is 1. The van der Waals surface area contributed by atoms with E-state index in [1.54, 1.807) is 38.1 Å². The summed E-state index contributed by atoms with van der Waals surface area (Å²) < 4.78 is 4.99. The largest absolute Gasteiger partial charge is 0.507 e. The predicted octanol–water partition coefficient (Wildman–Crippen LogP) is 2.85. The normalized spacial score (nSPS) is 10.2. The summed E-state index contributed by atoms with van der Waals surface area (Å²) in [5.41, 5.74) is 2.00. The highest BCUT2D eigenvalue weighted by atomic mass is 16.3. The zero-order chi connectivity index (χ0) is 12.4. The van der Waals surface area contributed by atoms with Crippen molar-refractivity contribution in [2.45, 2.75) is 13.8 Å². The van der Waals surface area contributed by atoms with Gasteiger partial charge in [0.15, 0.2) is 5.76 Å². The van der Waals surface area contributed by atoms with Crippen LogP contribution in [0.15, 0.2) is 34.9 Å². The van der Waals surface area contributed by atoms with Gasteiger partial charge in [0.25, 0.3) is 5.91 Å². The van der Waals surface area contributed by atoms with E-state index in [9.17, 15) is 9.90 Å². The van der Waals surface area contributed by atoms with E-state index in [-0.39, 0.29) is 17.4 Å². The number of phenolic OH excluding ortho intramolecular Hbond substituents is 1. The van der Waals surface area contributed by atoms with Crippen molar-refractivity contribution in [2.24, 2.45) is 0 Å². The Hall–Kier alpha value is -2.23. The molecule has 0 radical (unpaired) electrons. The van der Waals surface area contributed by atoms with Crippen LogP contribution in [0, 0.1) is 13.8 Å². The van der Waals surface area contributed by atoms with Gasteiger partial charge in [-0.05, 0) is 37.6 Å². The number of carbonyl (C=O) groups is 1. The van der Waals surface area contributed by atoms with Gasteiger partial charge in [0.05, 0.1) is 6.26 Å². The lowest BCUT2D eigenvalue weighted by molar-refractivity contribution is 0.0996. The molecular weight excluding hydrogens is 218 g/mol. The number of benzene rings is 1. The first kappa shape index (κ1) is 11.3. The van der Waals surface area contributed by atoms with Crippen molar-refractivity contribution >= 4 is 11.6 Å². The molecule has 17 heavy (non-hydrogen) atoms. The lowest BCUT2D eigenvalue weighted by Crippen LogP contribution is -2.11. The average Bonchev–Trinajstić information content (AvgIpc) is 2.83. The Bertz CT molecular complexity index is 544. The molecule has 1 aromatic carbocycles. The molecule has 0 atom stereocenters. The van der Waals surface area contributed by atoms with Crippen molar-refractivity contribution in [3.8, 4) is 5.75 Å². The van der Waals surface area contributed by atoms with Crippen LogP contribution in [-0.2, 0) is 0 Å². The zero-order valence-corrected chi connectivity index (χ0v) is 9.65. The third-order valence-corrected chi connectivity index (χ3v) is 2.63. The third kappa shape index (κ3) is 2.15. The number of aryl methyl sites for hydroxylation is 1. The third-order valence-electron chi connectivity index (χ3n) is 2.63. The fourth-order valence-corrected chi connectivity index (χ4v) is 1.56. The van der Waals surface area contributed by atoms with Gasteiger partial charge in [-0.2, -0.15) is 0 Å². The summed E-state index contributed by atoms with van der Waals surface area (Å²) in [7, 11) is 0. The summed E-state index contributed by atoms with van der Waals surface area (Å²) >= 11 is 0. The molecule has 2 rings (SSSR count). The van der Waals surface area contributed by atoms with Crippen LogP contribution in [0.25, 0.3) is 0 Å². The second-order valence-corrected chi connectivity index (χ2v) is 3.84. The van der Waals surface area contributed by atoms with E-state index in [2.05, 4.69) is 5.32 Å². The SMILES string of the molecule is Cc1ccc(NC(=O)c2ccco2)c(C)c1O. The summed E-state index contributed by atoms with van der Waals surface area (Å²) in [5, 5.41) is 12.4. The van der Waals surface area contributed by atoms with Crippen LogP contribution in [0.3, 0.4) is 0 Å². The van der Waals surface area contributed by atoms with Gasteiger partial charge in [0, 0.05) is 11.3 Å². The Balaban J connectivity index is 2.25. The molecule has 4 nitrogen and oxygen atoms in total. The lowest BCUT2D eigenvalue weighted by Gasteiger charge is -2.10. The predicted molar refractivity (Wildman–Crippen MR) is 64.2 cm³/mol. The van der Waals surface area contributed by atoms with Gasteiger partial charge >= 0.3 is 0 Å². The quantitative estimate of drug-likeness (QED) is 0.835. The molecule has 0 aliphatic heterocycles. The van der Waals surface area contributed by atoms with Gasteiger partial charge in [-0.25, -0.2) is 0 Å². The van der Waals surface area contributed by atoms with Crippen LogP contribution in [0.5, 0.6) is 5.75 Å². The summed E-state index contributed by atoms with van der Waals surface area (Å²) in [6, 6.07) is 6.73. The van der Waals surface area contributed by atoms with Gasteiger partial charge in [-0.3, -0.25) is 4.79 Å². The highest BCUT2D eigenvalue weighted by Gasteiger charge is 2.12. The molecule has 0 aliphatic rings. The fourth-order valence-electron chi connectivity index (χ4n) is 1.56. The molecule has 2 N–H and O–H groups in total. The van der Waals surface area contributed by atoms with Gasteiger partial charge in [-0.15, -0.1) is 0 Å². The minimum absolute atomic E-state index is 0.197. The number of carbonyl (C=O) groups excluding carboxylic acids is 1. The fraction of sp³-hybridized carbons (Fsp3) is 0.154. The van der Waals surface area contributed by atoms with Gasteiger partial charge < -0.3 is 14.8 Å². The Morgan fingerprint density at radius 3 is 2.71 bits per heavy atom. The number of anilines is 1. The highest BCUT2D eigenvalue weighted by molar-refractivity contribution is 6.02. The standard InChI is InChI=1S/C13H13NO3/c1-8-5-6-10(9(2)12(8)15)14-13(16)11-4-3-7-17-11/h3-7,15H,1-2H3,(H,14,16). The molecule has 0 spiro atoms. The van der Waals surface area contributed by atoms with E-state index in [0.29, 0.717) is 11.3 Å². The van der Waals surface area contributed by atoms with Crippen LogP contribution in [0.4, 0.5) is 5.69 Å². The topological polar surface area (TPSA) is 62.5 Å². The number of rotatable bonds is 2. The van der Waals surface area contributed by atoms with Crippen molar-refractivity contribution in [1.29, 1.82) is 0 Å². The molecule has 2 aromatic rings. The van der Waals surface area contributed by atoms with Crippen LogP contribution < -0.4 is 5.32 Å². The van der Waals surface area contributed by atoms with Crippen LogP contribution in [0.2, 0.25) is 0 Å². The van der Waals surface area contributed by atoms with Crippen LogP contribution >= 0.6 is 0 Å². The van der Waals surface area contributed by atoms with Crippen molar-refractivity contribution in [2.75, 3.05) is 5.32 Å². The zero-order valence-electron chi connectivity index (χ0n) is 9.65. The van der Waals surface area contributed by atoms with Gasteiger partial charge in [0.1, 0.15) is 5.75 Å². The van der Waals surface area contributed by atoms with Gasteiger partial charge in [0.2, 0.25) is 0 Å². The summed E-state index contributed by atoms with van der Waals surface area (Å²) in [6.07, 6.45) is 1.44. The lowest BCUT2D eigenvalue weighted by atomic mass is 10.1. The van der Waals surface area contributed by atoms with Crippen molar-refractivity contribution in [1.82, 2.24) is 0 Å². The number of hydrogen-bond donors (Lipinski definition) is 2. The molecule has 0 saturated carbocycles. The molecular formula is C13H13NO3. The minimum Gasteiger partial charge on any atom is -0.507 e. The molecule has 0 saturated heterocycles. The molecule has 1 amide bonds. The van der Waals surface area contributed by atoms with Gasteiger partial charge in [-0.1, -0.05) is 6.07 Å². The maximum atomic E-state index is 11.7. The summed E-state index contributed by atoms with van der Waals surface area (Å²) in [5.74, 6) is 0.105. The molecule has 1 aromatic heterocycles. The molecule has 0 bridgehead atoms. The smallest absolute Gasteiger partial charge is 0.291 e. The van der Waals surface area contributed by atoms with Crippen molar-refractivity contribution in [3.05, 3.63) is 47.4 Å². The first-order valence-corrected chi connectivity index (χ1v) is 5.23. The number of hydrogen-bond acceptors (Lipinski definition) is 3. The highest BCUT2D eigenvalue weighted by Crippen LogP contribution is 2.28. The first-order chi connectivity index (χ1) is 8.09. The average molecular weight is 231 g/mol. The first-order valence-electron chi connectivity index (χ1n) is 5.23. The monoisotopic (exact) mass is 231 g/mol. The Morgan fingerprint density at radius 1 is 1.29 bits per heavy atom. The maximum absolute atomic E-state index is 11.7. The van der Waals surface area contributed by atoms with Crippen LogP contribution in [0.1, 0.15) is 21.7 Å². The van der Waals surface area contributed by atoms with E-state index in [1.807, 2.05) is 0 Å². The molecule has 0 aliphatic carbocycles. The number of furan rings is 1. The Morgan fingerprint density at radius 2 is 2.06 bits per heavy atom. The van der Waals surface area contributed by atoms with E-state index in [4.69, 9.17) is 4.42 Å². The number of amides is 1. The van der Waals surface area contributed by atoms with E-state index in [0.717, 1.165) is 5.56 Å². The summed E-state index contributed by atoms with van der Waals surface area (Å²) in [6.45, 7) is 3.56. The molecule has 4 heteroatoms. The Kier molecular flexibility index (Phi) is 2.87. The molecule has 1 heterocycles. The van der Waals surface area contributed by atoms with Crippen molar-refractivity contribution < 1.29 is 14.3 Å². The molecule has 0 fully saturated rings. The van der Waals surface area contributed by atoms with E-state index < -0.39 is 0 Å². The minimum atomic E-state index is -0.332. The van der Waals surface area contributed by atoms with Crippen LogP contribution in [-0.4, -0.2) is 11.0 Å². The number of nitrogens with one attached hydrogen (secondary N) is 1.